The van der Waals surface area contributed by atoms with Crippen LogP contribution in [0.15, 0.2) is 60.9 Å². The smallest absolute Gasteiger partial charge is 0.336 e. The lowest BCUT2D eigenvalue weighted by Gasteiger charge is -2.24. The zero-order valence-corrected chi connectivity index (χ0v) is 18.8. The molecule has 0 radical (unpaired) electrons. The van der Waals surface area contributed by atoms with Crippen molar-refractivity contribution in [2.45, 2.75) is 32.4 Å². The van der Waals surface area contributed by atoms with Gasteiger partial charge in [0, 0.05) is 17.3 Å². The molecule has 0 saturated heterocycles. The van der Waals surface area contributed by atoms with Crippen molar-refractivity contribution in [3.05, 3.63) is 83.4 Å². The number of anilines is 1. The number of amides is 1. The van der Waals surface area contributed by atoms with Crippen LogP contribution in [0.3, 0.4) is 0 Å². The molecule has 0 aliphatic rings. The highest BCUT2D eigenvalue weighted by molar-refractivity contribution is 6.05. The second-order valence-corrected chi connectivity index (χ2v) is 8.47. The van der Waals surface area contributed by atoms with E-state index in [-0.39, 0.29) is 22.4 Å². The van der Waals surface area contributed by atoms with E-state index in [0.29, 0.717) is 11.1 Å². The van der Waals surface area contributed by atoms with E-state index in [4.69, 9.17) is 10.5 Å². The molecule has 1 unspecified atom stereocenters. The number of nitrogens with one attached hydrogen (secondary N) is 1. The number of benzene rings is 2. The van der Waals surface area contributed by atoms with Crippen molar-refractivity contribution in [3.8, 4) is 11.1 Å². The third-order valence-corrected chi connectivity index (χ3v) is 4.76. The van der Waals surface area contributed by atoms with E-state index in [0.717, 1.165) is 6.20 Å². The van der Waals surface area contributed by atoms with Crippen LogP contribution in [0.5, 0.6) is 0 Å². The molecule has 34 heavy (non-hydrogen) atoms. The molecule has 0 spiro atoms. The lowest BCUT2D eigenvalue weighted by atomic mass is 9.90. The number of aromatic carboxylic acids is 1. The molecule has 0 fully saturated rings. The number of ether oxygens (including phenoxy) is 1. The lowest BCUT2D eigenvalue weighted by molar-refractivity contribution is -0.156. The van der Waals surface area contributed by atoms with E-state index in [2.05, 4.69) is 10.3 Å². The Hall–Kier alpha value is -4.11. The zero-order valence-electron chi connectivity index (χ0n) is 18.8. The second kappa shape index (κ2) is 9.80. The topological polar surface area (TPSA) is 132 Å². The van der Waals surface area contributed by atoms with Crippen LogP contribution in [0.4, 0.5) is 10.1 Å². The third-order valence-electron chi connectivity index (χ3n) is 4.76. The first-order chi connectivity index (χ1) is 16.0. The standard InChI is InChI=1S/C25H24FN3O5/c1-25(2,3)34-24(33)21(27)20-16(8-5-9-17(20)23(31)32)14-6-4-7-15(12-14)22(30)29-19-10-11-28-13-18(19)26/h4-13,21H,27H2,1-3H3,(H,31,32)(H,28,29,30). The normalized spacial score (nSPS) is 12.0. The van der Waals surface area contributed by atoms with Crippen LogP contribution in [0.25, 0.3) is 11.1 Å². The highest BCUT2D eigenvalue weighted by Gasteiger charge is 2.29. The van der Waals surface area contributed by atoms with Crippen molar-refractivity contribution >= 4 is 23.5 Å². The molecular weight excluding hydrogens is 441 g/mol. The van der Waals surface area contributed by atoms with Crippen LogP contribution < -0.4 is 11.1 Å². The van der Waals surface area contributed by atoms with Gasteiger partial charge in [0.1, 0.15) is 11.6 Å². The molecule has 1 amide bonds. The molecule has 3 rings (SSSR count). The van der Waals surface area contributed by atoms with Gasteiger partial charge in [0.25, 0.3) is 5.91 Å². The summed E-state index contributed by atoms with van der Waals surface area (Å²) in [6.07, 6.45) is 2.32. The number of hydrogen-bond donors (Lipinski definition) is 3. The van der Waals surface area contributed by atoms with Crippen molar-refractivity contribution in [2.75, 3.05) is 5.32 Å². The first-order valence-electron chi connectivity index (χ1n) is 10.3. The summed E-state index contributed by atoms with van der Waals surface area (Å²) in [4.78, 5) is 41.0. The summed E-state index contributed by atoms with van der Waals surface area (Å²) in [5, 5.41) is 12.2. The maximum Gasteiger partial charge on any atom is 0.336 e. The average molecular weight is 465 g/mol. The predicted molar refractivity (Wildman–Crippen MR) is 124 cm³/mol. The Bertz CT molecular complexity index is 1250. The van der Waals surface area contributed by atoms with Gasteiger partial charge in [-0.1, -0.05) is 24.3 Å². The molecule has 3 aromatic rings. The van der Waals surface area contributed by atoms with Crippen molar-refractivity contribution in [3.63, 3.8) is 0 Å². The van der Waals surface area contributed by atoms with Crippen LogP contribution in [-0.4, -0.2) is 33.5 Å². The monoisotopic (exact) mass is 465 g/mol. The van der Waals surface area contributed by atoms with Gasteiger partial charge >= 0.3 is 11.9 Å². The number of carbonyl (C=O) groups excluding carboxylic acids is 2. The van der Waals surface area contributed by atoms with E-state index in [1.807, 2.05) is 0 Å². The number of esters is 1. The maximum absolute atomic E-state index is 13.9. The Balaban J connectivity index is 2.04. The molecule has 0 aliphatic heterocycles. The summed E-state index contributed by atoms with van der Waals surface area (Å²) < 4.78 is 19.2. The Morgan fingerprint density at radius 1 is 1.12 bits per heavy atom. The van der Waals surface area contributed by atoms with E-state index >= 15 is 0 Å². The number of nitrogens with zero attached hydrogens (tertiary/aromatic N) is 1. The molecule has 0 bridgehead atoms. The van der Waals surface area contributed by atoms with Gasteiger partial charge in [-0.25, -0.2) is 14.0 Å². The van der Waals surface area contributed by atoms with Gasteiger partial charge in [0.15, 0.2) is 5.82 Å². The molecule has 4 N–H and O–H groups in total. The van der Waals surface area contributed by atoms with Gasteiger partial charge in [-0.3, -0.25) is 9.78 Å². The summed E-state index contributed by atoms with van der Waals surface area (Å²) in [5.74, 6) is -3.33. The summed E-state index contributed by atoms with van der Waals surface area (Å²) >= 11 is 0. The van der Waals surface area contributed by atoms with Gasteiger partial charge in [-0.15, -0.1) is 0 Å². The fourth-order valence-electron chi connectivity index (χ4n) is 3.32. The SMILES string of the molecule is CC(C)(C)OC(=O)C(N)c1c(C(=O)O)cccc1-c1cccc(C(=O)Nc2ccncc2F)c1. The largest absolute Gasteiger partial charge is 0.478 e. The fourth-order valence-corrected chi connectivity index (χ4v) is 3.32. The molecule has 9 heteroatoms. The molecule has 1 aromatic heterocycles. The number of hydrogen-bond acceptors (Lipinski definition) is 6. The van der Waals surface area contributed by atoms with E-state index in [1.165, 1.54) is 36.5 Å². The quantitative estimate of drug-likeness (QED) is 0.465. The highest BCUT2D eigenvalue weighted by Crippen LogP contribution is 2.32. The van der Waals surface area contributed by atoms with Crippen molar-refractivity contribution in [2.24, 2.45) is 5.73 Å². The Morgan fingerprint density at radius 3 is 2.47 bits per heavy atom. The number of aromatic nitrogens is 1. The summed E-state index contributed by atoms with van der Waals surface area (Å²) in [5.41, 5.74) is 6.19. The van der Waals surface area contributed by atoms with Gasteiger partial charge in [-0.2, -0.15) is 0 Å². The lowest BCUT2D eigenvalue weighted by Crippen LogP contribution is -2.32. The van der Waals surface area contributed by atoms with Gasteiger partial charge in [-0.05, 0) is 56.2 Å². The number of carbonyl (C=O) groups is 3. The van der Waals surface area contributed by atoms with Gasteiger partial charge in [0.2, 0.25) is 0 Å². The first-order valence-corrected chi connectivity index (χ1v) is 10.3. The molecule has 8 nitrogen and oxygen atoms in total. The average Bonchev–Trinajstić information content (AvgIpc) is 2.78. The molecule has 2 aromatic carbocycles. The van der Waals surface area contributed by atoms with E-state index < -0.39 is 35.3 Å². The number of rotatable bonds is 6. The number of nitrogens with two attached hydrogens (primary N) is 1. The maximum atomic E-state index is 13.9. The second-order valence-electron chi connectivity index (χ2n) is 8.47. The number of pyridine rings is 1. The number of halogens is 1. The Kier molecular flexibility index (Phi) is 7.07. The van der Waals surface area contributed by atoms with Crippen molar-refractivity contribution in [1.82, 2.24) is 4.98 Å². The van der Waals surface area contributed by atoms with Crippen molar-refractivity contribution < 1.29 is 28.6 Å². The number of carboxylic acid groups (broad SMARTS) is 1. The fraction of sp³-hybridized carbons (Fsp3) is 0.200. The van der Waals surface area contributed by atoms with Crippen LogP contribution in [-0.2, 0) is 9.53 Å². The van der Waals surface area contributed by atoms with Crippen LogP contribution in [0.1, 0.15) is 53.1 Å². The minimum absolute atomic E-state index is 0.0362. The van der Waals surface area contributed by atoms with Crippen LogP contribution >= 0.6 is 0 Å². The molecule has 1 heterocycles. The third kappa shape index (κ3) is 5.62. The summed E-state index contributed by atoms with van der Waals surface area (Å²) in [6, 6.07) is 10.7. The highest BCUT2D eigenvalue weighted by atomic mass is 19.1. The summed E-state index contributed by atoms with van der Waals surface area (Å²) in [7, 11) is 0. The van der Waals surface area contributed by atoms with Gasteiger partial charge < -0.3 is 20.9 Å². The van der Waals surface area contributed by atoms with Crippen molar-refractivity contribution in [1.29, 1.82) is 0 Å². The zero-order chi connectivity index (χ0) is 25.0. The minimum atomic E-state index is -1.38. The first kappa shape index (κ1) is 24.5. The van der Waals surface area contributed by atoms with Gasteiger partial charge in [0.05, 0.1) is 17.4 Å². The molecule has 0 aliphatic carbocycles. The molecular formula is C25H24FN3O5. The molecule has 176 valence electrons. The molecule has 1 atom stereocenters. The summed E-state index contributed by atoms with van der Waals surface area (Å²) in [6.45, 7) is 5.03. The minimum Gasteiger partial charge on any atom is -0.478 e. The Labute approximate surface area is 195 Å². The van der Waals surface area contributed by atoms with Crippen LogP contribution in [0.2, 0.25) is 0 Å². The predicted octanol–water partition coefficient (Wildman–Crippen LogP) is 4.18. The Morgan fingerprint density at radius 2 is 1.82 bits per heavy atom. The van der Waals surface area contributed by atoms with E-state index in [1.54, 1.807) is 39.0 Å². The molecule has 0 saturated carbocycles. The number of carboxylic acids is 1. The van der Waals surface area contributed by atoms with Crippen LogP contribution in [0, 0.1) is 5.82 Å². The van der Waals surface area contributed by atoms with E-state index in [9.17, 15) is 23.9 Å².